The molecule has 38 heavy (non-hydrogen) atoms. The van der Waals surface area contributed by atoms with E-state index in [2.05, 4.69) is 16.0 Å². The summed E-state index contributed by atoms with van der Waals surface area (Å²) in [6, 6.07) is 20.3. The fraction of sp³-hybridized carbons (Fsp3) is 0.138. The first kappa shape index (κ1) is 24.8. The predicted molar refractivity (Wildman–Crippen MR) is 144 cm³/mol. The molecule has 4 heterocycles. The minimum atomic E-state index is -0.395. The standard InChI is InChI=1S/C29H21ClN6O2/c1-18-12-23(28-8-5-20(15-32)35(28)2)22-13-21(6-7-26(22)34-18)38-17-24-25(30)9-10-33-27(24)16-36-11-3-4-19(14-31)29(36)37/h3-13H,16-17H2,1-2H3. The summed E-state index contributed by atoms with van der Waals surface area (Å²) in [5.74, 6) is 0.605. The number of benzene rings is 1. The number of ether oxygens (including phenoxy) is 1. The fourth-order valence-electron chi connectivity index (χ4n) is 4.39. The fourth-order valence-corrected chi connectivity index (χ4v) is 4.61. The maximum absolute atomic E-state index is 12.5. The monoisotopic (exact) mass is 520 g/mol. The Morgan fingerprint density at radius 3 is 2.68 bits per heavy atom. The number of nitrogens with zero attached hydrogens (tertiary/aromatic N) is 6. The summed E-state index contributed by atoms with van der Waals surface area (Å²) >= 11 is 6.51. The minimum absolute atomic E-state index is 0.0586. The van der Waals surface area contributed by atoms with Crippen LogP contribution in [-0.2, 0) is 20.2 Å². The van der Waals surface area contributed by atoms with E-state index >= 15 is 0 Å². The van der Waals surface area contributed by atoms with E-state index in [1.165, 1.54) is 10.6 Å². The molecule has 0 amide bonds. The minimum Gasteiger partial charge on any atom is -0.489 e. The SMILES string of the molecule is Cc1cc(-c2ccc(C#N)n2C)c2cc(OCc3c(Cl)ccnc3Cn3cccc(C#N)c3=O)ccc2n1. The summed E-state index contributed by atoms with van der Waals surface area (Å²) in [6.07, 6.45) is 3.18. The van der Waals surface area contributed by atoms with Crippen molar-refractivity contribution in [2.45, 2.75) is 20.1 Å². The van der Waals surface area contributed by atoms with E-state index in [1.54, 1.807) is 30.6 Å². The van der Waals surface area contributed by atoms with Crippen LogP contribution in [0.1, 0.15) is 28.2 Å². The van der Waals surface area contributed by atoms with Crippen molar-refractivity contribution in [3.63, 3.8) is 0 Å². The Bertz CT molecular complexity index is 1840. The number of pyridine rings is 3. The van der Waals surface area contributed by atoms with Gasteiger partial charge in [-0.25, -0.2) is 0 Å². The van der Waals surface area contributed by atoms with Crippen LogP contribution < -0.4 is 10.3 Å². The topological polar surface area (TPSA) is 110 Å². The van der Waals surface area contributed by atoms with Crippen molar-refractivity contribution < 1.29 is 4.74 Å². The molecule has 1 aromatic carbocycles. The highest BCUT2D eigenvalue weighted by atomic mass is 35.5. The highest BCUT2D eigenvalue weighted by molar-refractivity contribution is 6.31. The van der Waals surface area contributed by atoms with E-state index in [0.29, 0.717) is 27.7 Å². The molecule has 0 spiro atoms. The van der Waals surface area contributed by atoms with Gasteiger partial charge in [-0.3, -0.25) is 14.8 Å². The zero-order chi connectivity index (χ0) is 26.8. The Hall–Kier alpha value is -4.92. The average Bonchev–Trinajstić information content (AvgIpc) is 3.29. The maximum Gasteiger partial charge on any atom is 0.268 e. The molecule has 5 rings (SSSR count). The number of halogens is 1. The molecule has 0 saturated carbocycles. The van der Waals surface area contributed by atoms with Gasteiger partial charge in [-0.05, 0) is 61.5 Å². The molecular formula is C29H21ClN6O2. The first-order valence-electron chi connectivity index (χ1n) is 11.7. The third kappa shape index (κ3) is 4.61. The zero-order valence-electron chi connectivity index (χ0n) is 20.6. The number of nitriles is 2. The third-order valence-electron chi connectivity index (χ3n) is 6.35. The summed E-state index contributed by atoms with van der Waals surface area (Å²) in [4.78, 5) is 21.6. The molecule has 4 aromatic heterocycles. The lowest BCUT2D eigenvalue weighted by molar-refractivity contribution is 0.304. The molecule has 5 aromatic rings. The molecule has 8 nitrogen and oxygen atoms in total. The second-order valence-electron chi connectivity index (χ2n) is 8.74. The predicted octanol–water partition coefficient (Wildman–Crippen LogP) is 5.13. The zero-order valence-corrected chi connectivity index (χ0v) is 21.4. The van der Waals surface area contributed by atoms with Crippen molar-refractivity contribution in [2.24, 2.45) is 7.05 Å². The van der Waals surface area contributed by atoms with Crippen molar-refractivity contribution >= 4 is 22.5 Å². The van der Waals surface area contributed by atoms with Gasteiger partial charge in [-0.15, -0.1) is 0 Å². The van der Waals surface area contributed by atoms with Crippen LogP contribution in [0.4, 0.5) is 0 Å². The van der Waals surface area contributed by atoms with Crippen molar-refractivity contribution in [1.82, 2.24) is 19.1 Å². The Morgan fingerprint density at radius 1 is 1.08 bits per heavy atom. The first-order chi connectivity index (χ1) is 18.4. The number of aryl methyl sites for hydroxylation is 1. The third-order valence-corrected chi connectivity index (χ3v) is 6.71. The lowest BCUT2D eigenvalue weighted by atomic mass is 10.0. The van der Waals surface area contributed by atoms with Gasteiger partial charge >= 0.3 is 0 Å². The number of aromatic nitrogens is 4. The van der Waals surface area contributed by atoms with Crippen LogP contribution >= 0.6 is 11.6 Å². The van der Waals surface area contributed by atoms with Gasteiger partial charge in [0.1, 0.15) is 35.8 Å². The largest absolute Gasteiger partial charge is 0.489 e. The van der Waals surface area contributed by atoms with Gasteiger partial charge in [-0.2, -0.15) is 10.5 Å². The summed E-state index contributed by atoms with van der Waals surface area (Å²) in [5, 5.41) is 19.9. The molecule has 0 aliphatic rings. The summed E-state index contributed by atoms with van der Waals surface area (Å²) in [5.41, 5.74) is 4.96. The maximum atomic E-state index is 12.5. The molecule has 0 radical (unpaired) electrons. The molecule has 0 atom stereocenters. The van der Waals surface area contributed by atoms with Crippen LogP contribution in [0.15, 0.2) is 71.8 Å². The second kappa shape index (κ2) is 10.2. The van der Waals surface area contributed by atoms with Gasteiger partial charge in [0.2, 0.25) is 0 Å². The molecule has 0 N–H and O–H groups in total. The smallest absolute Gasteiger partial charge is 0.268 e. The Kier molecular flexibility index (Phi) is 6.66. The van der Waals surface area contributed by atoms with E-state index in [9.17, 15) is 15.3 Å². The van der Waals surface area contributed by atoms with Crippen LogP contribution in [0, 0.1) is 29.6 Å². The number of fused-ring (bicyclic) bond motifs is 1. The average molecular weight is 521 g/mol. The van der Waals surface area contributed by atoms with Crippen LogP contribution in [0.2, 0.25) is 5.02 Å². The molecule has 0 saturated heterocycles. The summed E-state index contributed by atoms with van der Waals surface area (Å²) in [7, 11) is 1.86. The highest BCUT2D eigenvalue weighted by Crippen LogP contribution is 2.32. The van der Waals surface area contributed by atoms with E-state index in [0.717, 1.165) is 27.9 Å². The van der Waals surface area contributed by atoms with E-state index in [4.69, 9.17) is 16.3 Å². The van der Waals surface area contributed by atoms with E-state index < -0.39 is 5.56 Å². The van der Waals surface area contributed by atoms with Crippen LogP contribution in [-0.4, -0.2) is 19.1 Å². The van der Waals surface area contributed by atoms with Gasteiger partial charge in [0.25, 0.3) is 5.56 Å². The van der Waals surface area contributed by atoms with Crippen molar-refractivity contribution in [3.8, 4) is 29.1 Å². The van der Waals surface area contributed by atoms with Crippen molar-refractivity contribution in [3.05, 3.63) is 111 Å². The van der Waals surface area contributed by atoms with Crippen LogP contribution in [0.5, 0.6) is 5.75 Å². The van der Waals surface area contributed by atoms with Crippen LogP contribution in [0.25, 0.3) is 22.2 Å². The first-order valence-corrected chi connectivity index (χ1v) is 12.1. The van der Waals surface area contributed by atoms with Crippen molar-refractivity contribution in [1.29, 1.82) is 10.5 Å². The van der Waals surface area contributed by atoms with E-state index in [-0.39, 0.29) is 18.7 Å². The Balaban J connectivity index is 1.48. The summed E-state index contributed by atoms with van der Waals surface area (Å²) in [6.45, 7) is 2.20. The van der Waals surface area contributed by atoms with E-state index in [1.807, 2.05) is 54.9 Å². The number of rotatable bonds is 6. The second-order valence-corrected chi connectivity index (χ2v) is 9.15. The summed E-state index contributed by atoms with van der Waals surface area (Å²) < 4.78 is 9.44. The molecule has 9 heteroatoms. The van der Waals surface area contributed by atoms with Crippen LogP contribution in [0.3, 0.4) is 0 Å². The molecule has 0 unspecified atom stereocenters. The number of hydrogen-bond acceptors (Lipinski definition) is 6. The molecule has 0 aliphatic carbocycles. The molecular weight excluding hydrogens is 500 g/mol. The highest BCUT2D eigenvalue weighted by Gasteiger charge is 2.15. The lowest BCUT2D eigenvalue weighted by Crippen LogP contribution is -2.23. The van der Waals surface area contributed by atoms with Gasteiger partial charge in [-0.1, -0.05) is 11.6 Å². The van der Waals surface area contributed by atoms with Gasteiger partial charge < -0.3 is 13.9 Å². The molecule has 0 bridgehead atoms. The molecule has 0 fully saturated rings. The Labute approximate surface area is 223 Å². The van der Waals surface area contributed by atoms with Gasteiger partial charge in [0, 0.05) is 47.3 Å². The van der Waals surface area contributed by atoms with Gasteiger partial charge in [0.15, 0.2) is 0 Å². The quantitative estimate of drug-likeness (QED) is 0.307. The lowest BCUT2D eigenvalue weighted by Gasteiger charge is -2.15. The van der Waals surface area contributed by atoms with Crippen molar-refractivity contribution in [2.75, 3.05) is 0 Å². The normalized spacial score (nSPS) is 10.8. The van der Waals surface area contributed by atoms with Gasteiger partial charge in [0.05, 0.1) is 22.8 Å². The Morgan fingerprint density at radius 2 is 1.92 bits per heavy atom. The molecule has 0 aliphatic heterocycles. The molecule has 186 valence electrons. The number of hydrogen-bond donors (Lipinski definition) is 0.